The fourth-order valence-corrected chi connectivity index (χ4v) is 9.66. The zero-order valence-electron chi connectivity index (χ0n) is 33.8. The summed E-state index contributed by atoms with van der Waals surface area (Å²) in [6.45, 7) is 7.14. The number of hydrogen-bond donors (Lipinski definition) is 2. The first-order chi connectivity index (χ1) is 28.6. The Kier molecular flexibility index (Phi) is 10.5. The van der Waals surface area contributed by atoms with E-state index in [2.05, 4.69) is 33.7 Å². The van der Waals surface area contributed by atoms with E-state index >= 15 is 4.79 Å². The van der Waals surface area contributed by atoms with Crippen molar-refractivity contribution in [1.82, 2.24) is 19.3 Å². The number of nitrogens with zero attached hydrogens (tertiary/aromatic N) is 5. The number of hydrogen-bond acceptors (Lipinski definition) is 6. The number of phenols is 1. The minimum Gasteiger partial charge on any atom is -0.508 e. The molecule has 2 N–H and O–H groups in total. The Labute approximate surface area is 345 Å². The van der Waals surface area contributed by atoms with Crippen LogP contribution in [0.2, 0.25) is 0 Å². The average molecular weight is 794 g/mol. The molecule has 0 bridgehead atoms. The van der Waals surface area contributed by atoms with Gasteiger partial charge in [-0.05, 0) is 109 Å². The maximum Gasteiger partial charge on any atom is 0.408 e. The Bertz CT molecular complexity index is 2400. The predicted octanol–water partition coefficient (Wildman–Crippen LogP) is 7.31. The molecule has 3 amide bonds. The number of amides is 3. The fraction of sp³-hybridized carbons (Fsp3) is 0.354. The van der Waals surface area contributed by atoms with Crippen LogP contribution in [0.4, 0.5) is 10.5 Å². The van der Waals surface area contributed by atoms with Crippen LogP contribution in [0, 0.1) is 6.92 Å². The van der Waals surface area contributed by atoms with Crippen LogP contribution in [0.3, 0.4) is 0 Å². The molecule has 0 radical (unpaired) electrons. The van der Waals surface area contributed by atoms with Crippen LogP contribution in [0.5, 0.6) is 5.75 Å². The number of aromatic hydroxyl groups is 1. The standard InChI is InChI=1S/C48H51N5O6/c1-31-10-12-32(13-11-31)45-39-27-41(47(56)53-29-35-8-4-3-7-33(35)25-37(53)30-50-21-23-59-24-22-50)40(26-34(39)18-20-52(45)48(57)58)44-28-42(43-9-5-6-19-51(43)44)46(55)49(2)36-14-16-38(54)17-15-36/h3-4,7-8,10-17,26-28,37,45,54H,5-6,9,18-25,29-30H2,1-2H3,(H,57,58)/t37-,45?/m0/s1. The summed E-state index contributed by atoms with van der Waals surface area (Å²) in [5.41, 5.74) is 10.4. The lowest BCUT2D eigenvalue weighted by atomic mass is 9.84. The molecule has 59 heavy (non-hydrogen) atoms. The minimum absolute atomic E-state index is 0.0971. The maximum atomic E-state index is 15.7. The summed E-state index contributed by atoms with van der Waals surface area (Å²) in [5, 5.41) is 20.5. The van der Waals surface area contributed by atoms with Gasteiger partial charge in [0.05, 0.1) is 24.8 Å². The number of aryl methyl sites for hydroxylation is 1. The summed E-state index contributed by atoms with van der Waals surface area (Å²) in [5.74, 6) is -0.137. The number of carbonyl (C=O) groups is 3. The molecule has 1 fully saturated rings. The third kappa shape index (κ3) is 7.38. The number of fused-ring (bicyclic) bond motifs is 3. The van der Waals surface area contributed by atoms with Crippen LogP contribution in [-0.2, 0) is 37.1 Å². The molecular formula is C48H51N5O6. The normalized spacial score (nSPS) is 19.1. The van der Waals surface area contributed by atoms with Crippen LogP contribution in [0.25, 0.3) is 11.3 Å². The second-order valence-corrected chi connectivity index (χ2v) is 16.5. The monoisotopic (exact) mass is 793 g/mol. The smallest absolute Gasteiger partial charge is 0.408 e. The van der Waals surface area contributed by atoms with Crippen molar-refractivity contribution in [3.63, 3.8) is 0 Å². The van der Waals surface area contributed by atoms with Gasteiger partial charge in [0.2, 0.25) is 0 Å². The molecule has 0 saturated carbocycles. The lowest BCUT2D eigenvalue weighted by Gasteiger charge is -2.41. The van der Waals surface area contributed by atoms with Gasteiger partial charge in [-0.3, -0.25) is 19.4 Å². The number of anilines is 1. The summed E-state index contributed by atoms with van der Waals surface area (Å²) in [4.78, 5) is 50.6. The molecule has 1 unspecified atom stereocenters. The number of rotatable bonds is 7. The van der Waals surface area contributed by atoms with E-state index in [4.69, 9.17) is 4.74 Å². The van der Waals surface area contributed by atoms with Crippen molar-refractivity contribution in [2.45, 2.75) is 64.2 Å². The van der Waals surface area contributed by atoms with Crippen molar-refractivity contribution in [2.24, 2.45) is 0 Å². The quantitative estimate of drug-likeness (QED) is 0.178. The molecule has 5 heterocycles. The van der Waals surface area contributed by atoms with Gasteiger partial charge in [0.25, 0.3) is 11.8 Å². The van der Waals surface area contributed by atoms with Crippen molar-refractivity contribution in [2.75, 3.05) is 51.3 Å². The first-order valence-corrected chi connectivity index (χ1v) is 20.8. The second kappa shape index (κ2) is 16.0. The molecular weight excluding hydrogens is 743 g/mol. The van der Waals surface area contributed by atoms with E-state index in [0.717, 1.165) is 83.5 Å². The molecule has 0 aliphatic carbocycles. The van der Waals surface area contributed by atoms with Gasteiger partial charge in [0, 0.05) is 80.6 Å². The van der Waals surface area contributed by atoms with Gasteiger partial charge < -0.3 is 29.3 Å². The molecule has 4 aliphatic heterocycles. The highest BCUT2D eigenvalue weighted by molar-refractivity contribution is 6.08. The third-order valence-electron chi connectivity index (χ3n) is 12.9. The Balaban J connectivity index is 1.21. The predicted molar refractivity (Wildman–Crippen MR) is 226 cm³/mol. The summed E-state index contributed by atoms with van der Waals surface area (Å²) in [7, 11) is 1.75. The van der Waals surface area contributed by atoms with Crippen molar-refractivity contribution in [1.29, 1.82) is 0 Å². The highest BCUT2D eigenvalue weighted by atomic mass is 16.5. The van der Waals surface area contributed by atoms with Gasteiger partial charge >= 0.3 is 6.09 Å². The molecule has 2 atom stereocenters. The first kappa shape index (κ1) is 38.6. The largest absolute Gasteiger partial charge is 0.508 e. The van der Waals surface area contributed by atoms with Crippen molar-refractivity contribution < 1.29 is 29.3 Å². The van der Waals surface area contributed by atoms with E-state index in [1.807, 2.05) is 54.3 Å². The number of carboxylic acid groups (broad SMARTS) is 1. The molecule has 0 spiro atoms. The van der Waals surface area contributed by atoms with E-state index in [0.29, 0.717) is 62.6 Å². The average Bonchev–Trinajstić information content (AvgIpc) is 3.65. The molecule has 11 heteroatoms. The van der Waals surface area contributed by atoms with Gasteiger partial charge in [-0.1, -0.05) is 54.1 Å². The van der Waals surface area contributed by atoms with E-state index in [1.54, 1.807) is 36.2 Å². The lowest BCUT2D eigenvalue weighted by Crippen LogP contribution is -2.52. The number of morpholine rings is 1. The Morgan fingerprint density at radius 3 is 2.29 bits per heavy atom. The highest BCUT2D eigenvalue weighted by Crippen LogP contribution is 2.42. The van der Waals surface area contributed by atoms with Gasteiger partial charge in [-0.25, -0.2) is 4.79 Å². The van der Waals surface area contributed by atoms with E-state index in [9.17, 15) is 19.8 Å². The van der Waals surface area contributed by atoms with Gasteiger partial charge in [0.1, 0.15) is 5.75 Å². The van der Waals surface area contributed by atoms with E-state index in [-0.39, 0.29) is 23.6 Å². The van der Waals surface area contributed by atoms with Crippen molar-refractivity contribution in [3.8, 4) is 17.0 Å². The van der Waals surface area contributed by atoms with E-state index < -0.39 is 12.1 Å². The van der Waals surface area contributed by atoms with Gasteiger partial charge in [-0.2, -0.15) is 0 Å². The number of benzene rings is 4. The van der Waals surface area contributed by atoms with Crippen molar-refractivity contribution >= 4 is 23.6 Å². The van der Waals surface area contributed by atoms with Crippen LogP contribution in [0.15, 0.2) is 91.0 Å². The van der Waals surface area contributed by atoms with Crippen LogP contribution < -0.4 is 4.90 Å². The Morgan fingerprint density at radius 1 is 0.797 bits per heavy atom. The van der Waals surface area contributed by atoms with Crippen molar-refractivity contribution in [3.05, 3.63) is 141 Å². The zero-order chi connectivity index (χ0) is 40.8. The molecule has 1 saturated heterocycles. The molecule has 4 aliphatic rings. The Morgan fingerprint density at radius 2 is 1.54 bits per heavy atom. The number of ether oxygens (including phenoxy) is 1. The van der Waals surface area contributed by atoms with Crippen LogP contribution in [0.1, 0.15) is 78.7 Å². The summed E-state index contributed by atoms with van der Waals surface area (Å²) in [6.07, 6.45) is 2.83. The SMILES string of the molecule is Cc1ccc(C2c3cc(C(=O)N4Cc5ccccc5C[C@H]4CN4CCOCC4)c(-c4cc(C(=O)N(C)c5ccc(O)cc5)c5n4CCCC5)cc3CCN2C(=O)O)cc1. The fourth-order valence-electron chi connectivity index (χ4n) is 9.66. The molecule has 1 aromatic heterocycles. The lowest BCUT2D eigenvalue weighted by molar-refractivity contribution is 0.0193. The number of phenolic OH excluding ortho intramolecular Hbond substituents is 1. The zero-order valence-corrected chi connectivity index (χ0v) is 33.8. The van der Waals surface area contributed by atoms with Crippen LogP contribution >= 0.6 is 0 Å². The topological polar surface area (TPSA) is 119 Å². The molecule has 9 rings (SSSR count). The molecule has 5 aromatic rings. The minimum atomic E-state index is -1.00. The summed E-state index contributed by atoms with van der Waals surface area (Å²) >= 11 is 0. The molecule has 4 aromatic carbocycles. The highest BCUT2D eigenvalue weighted by Gasteiger charge is 2.38. The Hall–Kier alpha value is -5.91. The second-order valence-electron chi connectivity index (χ2n) is 16.5. The summed E-state index contributed by atoms with van der Waals surface area (Å²) < 4.78 is 7.92. The maximum absolute atomic E-state index is 15.7. The number of aromatic nitrogens is 1. The molecule has 11 nitrogen and oxygen atoms in total. The summed E-state index contributed by atoms with van der Waals surface area (Å²) in [6, 6.07) is 28.3. The molecule has 304 valence electrons. The van der Waals surface area contributed by atoms with Gasteiger partial charge in [-0.15, -0.1) is 0 Å². The van der Waals surface area contributed by atoms with E-state index in [1.165, 1.54) is 10.5 Å². The number of carbonyl (C=O) groups excluding carboxylic acids is 2. The van der Waals surface area contributed by atoms with Crippen LogP contribution in [-0.4, -0.2) is 99.9 Å². The van der Waals surface area contributed by atoms with Gasteiger partial charge in [0.15, 0.2) is 0 Å². The first-order valence-electron chi connectivity index (χ1n) is 20.8. The third-order valence-corrected chi connectivity index (χ3v) is 12.9.